The number of benzene rings is 2. The molecule has 2 aromatic rings. The Labute approximate surface area is 180 Å². The maximum Gasteiger partial charge on any atom is 0.304 e. The molecule has 0 spiro atoms. The monoisotopic (exact) mass is 446 g/mol. The number of halogens is 1. The number of carbonyl (C=O) groups is 2. The number of hydrogen-bond acceptors (Lipinski definition) is 4. The zero-order valence-corrected chi connectivity index (χ0v) is 18.0. The van der Waals surface area contributed by atoms with Crippen LogP contribution in [-0.2, 0) is 32.6 Å². The second-order valence-electron chi connectivity index (χ2n) is 8.07. The Bertz CT molecular complexity index is 1180. The summed E-state index contributed by atoms with van der Waals surface area (Å²) in [5.74, 6) is -2.29. The summed E-state index contributed by atoms with van der Waals surface area (Å²) in [5.41, 5.74) is 2.46. The van der Waals surface area contributed by atoms with Gasteiger partial charge in [0.15, 0.2) is 0 Å². The topological polar surface area (TPSA) is 95.0 Å². The normalized spacial score (nSPS) is 20.4. The van der Waals surface area contributed by atoms with Gasteiger partial charge in [0.25, 0.3) is 10.0 Å². The van der Waals surface area contributed by atoms with Crippen LogP contribution < -0.4 is 4.31 Å². The standard InChI is InChI=1S/C22H23FN2O5S/c1-13-19(11-22(27)28)20-10-17(23)4-6-21(20)25(13)31(29,30)18-5-3-16-12-24(14(2)26)8-7-15(16)9-18/h3-6,9-10,13,19H,7-8,11-12H2,1-2H3,(H,27,28). The van der Waals surface area contributed by atoms with Crippen molar-refractivity contribution in [1.29, 1.82) is 0 Å². The number of rotatable bonds is 4. The van der Waals surface area contributed by atoms with E-state index in [1.807, 2.05) is 0 Å². The fourth-order valence-electron chi connectivity index (χ4n) is 4.55. The van der Waals surface area contributed by atoms with Crippen LogP contribution in [0.4, 0.5) is 10.1 Å². The third-order valence-electron chi connectivity index (χ3n) is 6.17. The number of carboxylic acids is 1. The van der Waals surface area contributed by atoms with Crippen LogP contribution in [0.2, 0.25) is 0 Å². The first-order chi connectivity index (χ1) is 14.6. The van der Waals surface area contributed by atoms with Crippen molar-refractivity contribution >= 4 is 27.6 Å². The molecule has 1 amide bonds. The highest BCUT2D eigenvalue weighted by Crippen LogP contribution is 2.46. The van der Waals surface area contributed by atoms with Crippen molar-refractivity contribution in [3.63, 3.8) is 0 Å². The number of carboxylic acid groups (broad SMARTS) is 1. The van der Waals surface area contributed by atoms with Crippen molar-refractivity contribution in [3.8, 4) is 0 Å². The first kappa shape index (κ1) is 21.3. The van der Waals surface area contributed by atoms with E-state index < -0.39 is 33.8 Å². The van der Waals surface area contributed by atoms with Crippen LogP contribution in [0.1, 0.15) is 42.9 Å². The summed E-state index contributed by atoms with van der Waals surface area (Å²) in [6.45, 7) is 4.11. The molecule has 1 N–H and O–H groups in total. The van der Waals surface area contributed by atoms with Gasteiger partial charge in [0.2, 0.25) is 5.91 Å². The molecule has 0 radical (unpaired) electrons. The van der Waals surface area contributed by atoms with E-state index in [0.29, 0.717) is 30.8 Å². The lowest BCUT2D eigenvalue weighted by Crippen LogP contribution is -2.38. The lowest BCUT2D eigenvalue weighted by atomic mass is 9.93. The summed E-state index contributed by atoms with van der Waals surface area (Å²) < 4.78 is 42.3. The van der Waals surface area contributed by atoms with Crippen molar-refractivity contribution in [3.05, 3.63) is 58.9 Å². The summed E-state index contributed by atoms with van der Waals surface area (Å²) in [6, 6.07) is 7.98. The minimum Gasteiger partial charge on any atom is -0.481 e. The molecule has 2 unspecified atom stereocenters. The number of carbonyl (C=O) groups excluding carboxylic acids is 1. The molecule has 0 fully saturated rings. The van der Waals surface area contributed by atoms with E-state index in [-0.39, 0.29) is 17.2 Å². The zero-order valence-electron chi connectivity index (χ0n) is 17.2. The second kappa shape index (κ2) is 7.64. The Kier molecular flexibility index (Phi) is 5.25. The van der Waals surface area contributed by atoms with Crippen LogP contribution in [0.25, 0.3) is 0 Å². The first-order valence-electron chi connectivity index (χ1n) is 10.0. The number of nitrogens with zero attached hydrogens (tertiary/aromatic N) is 2. The summed E-state index contributed by atoms with van der Waals surface area (Å²) in [6.07, 6.45) is 0.256. The number of aliphatic carboxylic acids is 1. The van der Waals surface area contributed by atoms with Gasteiger partial charge in [-0.05, 0) is 60.4 Å². The van der Waals surface area contributed by atoms with E-state index in [0.717, 1.165) is 11.1 Å². The van der Waals surface area contributed by atoms with Gasteiger partial charge in [0.1, 0.15) is 5.82 Å². The van der Waals surface area contributed by atoms with Gasteiger partial charge >= 0.3 is 5.97 Å². The number of anilines is 1. The van der Waals surface area contributed by atoms with Gasteiger partial charge in [-0.2, -0.15) is 0 Å². The van der Waals surface area contributed by atoms with E-state index in [2.05, 4.69) is 0 Å². The molecule has 2 aliphatic heterocycles. The average Bonchev–Trinajstić information content (AvgIpc) is 2.98. The average molecular weight is 447 g/mol. The van der Waals surface area contributed by atoms with Crippen molar-refractivity contribution < 1.29 is 27.5 Å². The summed E-state index contributed by atoms with van der Waals surface area (Å²) >= 11 is 0. The van der Waals surface area contributed by atoms with Crippen LogP contribution in [0.3, 0.4) is 0 Å². The van der Waals surface area contributed by atoms with Crippen molar-refractivity contribution in [2.24, 2.45) is 0 Å². The molecule has 0 aromatic heterocycles. The second-order valence-corrected chi connectivity index (χ2v) is 9.88. The van der Waals surface area contributed by atoms with Crippen LogP contribution in [0.15, 0.2) is 41.3 Å². The molecule has 2 heterocycles. The van der Waals surface area contributed by atoms with Gasteiger partial charge in [-0.1, -0.05) is 6.07 Å². The molecular weight excluding hydrogens is 423 g/mol. The highest BCUT2D eigenvalue weighted by Gasteiger charge is 2.43. The molecule has 2 atom stereocenters. The minimum absolute atomic E-state index is 0.0263. The third-order valence-corrected chi connectivity index (χ3v) is 8.06. The number of hydrogen-bond donors (Lipinski definition) is 1. The summed E-state index contributed by atoms with van der Waals surface area (Å²) in [4.78, 5) is 24.8. The molecule has 2 aliphatic rings. The Morgan fingerprint density at radius 3 is 2.58 bits per heavy atom. The predicted molar refractivity (Wildman–Crippen MR) is 112 cm³/mol. The molecule has 9 heteroatoms. The molecule has 0 bridgehead atoms. The fourth-order valence-corrected chi connectivity index (χ4v) is 6.32. The van der Waals surface area contributed by atoms with Gasteiger partial charge in [0.05, 0.1) is 23.0 Å². The lowest BCUT2D eigenvalue weighted by molar-refractivity contribution is -0.137. The minimum atomic E-state index is -4.01. The van der Waals surface area contributed by atoms with Gasteiger partial charge < -0.3 is 10.0 Å². The van der Waals surface area contributed by atoms with Gasteiger partial charge in [0, 0.05) is 25.9 Å². The maximum absolute atomic E-state index is 13.9. The molecular formula is C22H23FN2O5S. The van der Waals surface area contributed by atoms with Crippen molar-refractivity contribution in [1.82, 2.24) is 4.90 Å². The molecule has 2 aromatic carbocycles. The van der Waals surface area contributed by atoms with E-state index in [1.54, 1.807) is 24.0 Å². The van der Waals surface area contributed by atoms with E-state index in [9.17, 15) is 27.5 Å². The fraction of sp³-hybridized carbons (Fsp3) is 0.364. The van der Waals surface area contributed by atoms with Crippen LogP contribution >= 0.6 is 0 Å². The summed E-state index contributed by atoms with van der Waals surface area (Å²) in [5, 5.41) is 9.30. The zero-order chi connectivity index (χ0) is 22.5. The predicted octanol–water partition coefficient (Wildman–Crippen LogP) is 2.89. The Balaban J connectivity index is 1.74. The van der Waals surface area contributed by atoms with Gasteiger partial charge in [-0.3, -0.25) is 13.9 Å². The Morgan fingerprint density at radius 1 is 1.16 bits per heavy atom. The van der Waals surface area contributed by atoms with E-state index in [1.165, 1.54) is 35.5 Å². The van der Waals surface area contributed by atoms with Gasteiger partial charge in [-0.25, -0.2) is 12.8 Å². The molecule has 0 saturated carbocycles. The van der Waals surface area contributed by atoms with Crippen LogP contribution in [-0.4, -0.2) is 42.9 Å². The Morgan fingerprint density at radius 2 is 1.90 bits per heavy atom. The molecule has 0 saturated heterocycles. The van der Waals surface area contributed by atoms with Crippen molar-refractivity contribution in [2.45, 2.75) is 50.1 Å². The van der Waals surface area contributed by atoms with Gasteiger partial charge in [-0.15, -0.1) is 0 Å². The quantitative estimate of drug-likeness (QED) is 0.779. The molecule has 31 heavy (non-hydrogen) atoms. The number of amides is 1. The number of sulfonamides is 1. The lowest BCUT2D eigenvalue weighted by Gasteiger charge is -2.30. The molecule has 4 rings (SSSR count). The highest BCUT2D eigenvalue weighted by molar-refractivity contribution is 7.92. The largest absolute Gasteiger partial charge is 0.481 e. The molecule has 7 nitrogen and oxygen atoms in total. The van der Waals surface area contributed by atoms with E-state index in [4.69, 9.17) is 0 Å². The molecule has 164 valence electrons. The Hall–Kier alpha value is -2.94. The highest BCUT2D eigenvalue weighted by atomic mass is 32.2. The summed E-state index contributed by atoms with van der Waals surface area (Å²) in [7, 11) is -4.01. The molecule has 0 aliphatic carbocycles. The maximum atomic E-state index is 13.9. The smallest absolute Gasteiger partial charge is 0.304 e. The van der Waals surface area contributed by atoms with Crippen LogP contribution in [0.5, 0.6) is 0 Å². The van der Waals surface area contributed by atoms with E-state index >= 15 is 0 Å². The van der Waals surface area contributed by atoms with Crippen molar-refractivity contribution in [2.75, 3.05) is 10.8 Å². The third kappa shape index (κ3) is 3.67. The van der Waals surface area contributed by atoms with Crippen LogP contribution in [0, 0.1) is 5.82 Å². The number of fused-ring (bicyclic) bond motifs is 2. The SMILES string of the molecule is CC(=O)N1CCc2cc(S(=O)(=O)N3c4ccc(F)cc4C(CC(=O)O)C3C)ccc2C1. The first-order valence-corrected chi connectivity index (χ1v) is 11.5.